The SMILES string of the molecule is Cc1ccc2ccc(CC(=O)Cc3scc(Br)c3-c3ncn[nH]3)cc2n1. The van der Waals surface area contributed by atoms with Crippen molar-refractivity contribution in [1.29, 1.82) is 0 Å². The Kier molecular flexibility index (Phi) is 4.65. The Morgan fingerprint density at radius 2 is 2.08 bits per heavy atom. The minimum Gasteiger partial charge on any atom is -0.299 e. The third-order valence-corrected chi connectivity index (χ3v) is 6.04. The molecule has 0 atom stereocenters. The Labute approximate surface area is 162 Å². The maximum Gasteiger partial charge on any atom is 0.157 e. The molecule has 0 aliphatic rings. The van der Waals surface area contributed by atoms with E-state index in [1.54, 1.807) is 11.3 Å². The predicted molar refractivity (Wildman–Crippen MR) is 106 cm³/mol. The molecule has 0 unspecified atom stereocenters. The first-order valence-corrected chi connectivity index (χ1v) is 9.77. The number of nitrogens with zero attached hydrogens (tertiary/aromatic N) is 3. The molecule has 0 amide bonds. The molecule has 4 rings (SSSR count). The zero-order valence-corrected chi connectivity index (χ0v) is 16.4. The van der Waals surface area contributed by atoms with Gasteiger partial charge in [0.1, 0.15) is 12.1 Å². The van der Waals surface area contributed by atoms with Crippen LogP contribution in [0.3, 0.4) is 0 Å². The molecular formula is C19H15BrN4OS. The monoisotopic (exact) mass is 426 g/mol. The fourth-order valence-corrected chi connectivity index (χ4v) is 4.69. The summed E-state index contributed by atoms with van der Waals surface area (Å²) in [5, 5.41) is 9.82. The number of hydrogen-bond donors (Lipinski definition) is 1. The van der Waals surface area contributed by atoms with E-state index in [2.05, 4.69) is 42.2 Å². The van der Waals surface area contributed by atoms with E-state index in [0.29, 0.717) is 18.7 Å². The Morgan fingerprint density at radius 1 is 1.23 bits per heavy atom. The summed E-state index contributed by atoms with van der Waals surface area (Å²) in [5.41, 5.74) is 3.80. The smallest absolute Gasteiger partial charge is 0.157 e. The predicted octanol–water partition coefficient (Wildman–Crippen LogP) is 4.51. The van der Waals surface area contributed by atoms with Gasteiger partial charge in [-0.25, -0.2) is 4.98 Å². The summed E-state index contributed by atoms with van der Waals surface area (Å²) < 4.78 is 0.924. The summed E-state index contributed by atoms with van der Waals surface area (Å²) in [6.07, 6.45) is 2.22. The van der Waals surface area contributed by atoms with E-state index in [0.717, 1.165) is 37.1 Å². The van der Waals surface area contributed by atoms with Crippen LogP contribution in [-0.4, -0.2) is 25.9 Å². The number of aryl methyl sites for hydroxylation is 1. The molecule has 0 saturated carbocycles. The van der Waals surface area contributed by atoms with Crippen molar-refractivity contribution in [2.45, 2.75) is 19.8 Å². The highest BCUT2D eigenvalue weighted by molar-refractivity contribution is 9.10. The lowest BCUT2D eigenvalue weighted by Gasteiger charge is -2.05. The molecule has 0 radical (unpaired) electrons. The van der Waals surface area contributed by atoms with Crippen molar-refractivity contribution in [1.82, 2.24) is 20.2 Å². The number of ketones is 1. The minimum atomic E-state index is 0.159. The van der Waals surface area contributed by atoms with Crippen molar-refractivity contribution in [2.75, 3.05) is 0 Å². The van der Waals surface area contributed by atoms with Crippen LogP contribution in [0.15, 0.2) is 46.5 Å². The summed E-state index contributed by atoms with van der Waals surface area (Å²) in [7, 11) is 0. The summed E-state index contributed by atoms with van der Waals surface area (Å²) in [4.78, 5) is 22.4. The number of hydrogen-bond acceptors (Lipinski definition) is 5. The van der Waals surface area contributed by atoms with Gasteiger partial charge in [0.15, 0.2) is 5.82 Å². The third-order valence-electron chi connectivity index (χ3n) is 4.13. The Balaban J connectivity index is 1.55. The van der Waals surface area contributed by atoms with E-state index in [4.69, 9.17) is 0 Å². The molecule has 1 aromatic carbocycles. The van der Waals surface area contributed by atoms with Gasteiger partial charge in [0.2, 0.25) is 0 Å². The van der Waals surface area contributed by atoms with Crippen LogP contribution >= 0.6 is 27.3 Å². The van der Waals surface area contributed by atoms with Gasteiger partial charge in [0.05, 0.1) is 5.52 Å². The largest absolute Gasteiger partial charge is 0.299 e. The number of carbonyl (C=O) groups excluding carboxylic acids is 1. The minimum absolute atomic E-state index is 0.159. The second-order valence-corrected chi connectivity index (χ2v) is 7.91. The average Bonchev–Trinajstić information content (AvgIpc) is 3.24. The Hall–Kier alpha value is -2.38. The summed E-state index contributed by atoms with van der Waals surface area (Å²) in [5.74, 6) is 0.832. The number of halogens is 1. The number of thiophene rings is 1. The lowest BCUT2D eigenvalue weighted by Crippen LogP contribution is -2.06. The molecule has 4 aromatic rings. The van der Waals surface area contributed by atoms with Gasteiger partial charge >= 0.3 is 0 Å². The number of carbonyl (C=O) groups is 1. The van der Waals surface area contributed by atoms with Crippen LogP contribution in [0.5, 0.6) is 0 Å². The van der Waals surface area contributed by atoms with E-state index < -0.39 is 0 Å². The number of fused-ring (bicyclic) bond motifs is 1. The van der Waals surface area contributed by atoms with E-state index in [-0.39, 0.29) is 5.78 Å². The number of aromatic nitrogens is 4. The van der Waals surface area contributed by atoms with Gasteiger partial charge in [-0.05, 0) is 40.5 Å². The molecule has 26 heavy (non-hydrogen) atoms. The first kappa shape index (κ1) is 17.1. The van der Waals surface area contributed by atoms with E-state index >= 15 is 0 Å². The van der Waals surface area contributed by atoms with Crippen LogP contribution in [0.1, 0.15) is 16.1 Å². The molecule has 1 N–H and O–H groups in total. The molecule has 0 aliphatic carbocycles. The number of Topliss-reactive ketones (excluding diaryl/α,β-unsaturated/α-hetero) is 1. The number of H-pyrrole nitrogens is 1. The van der Waals surface area contributed by atoms with Crippen molar-refractivity contribution in [2.24, 2.45) is 0 Å². The molecule has 7 heteroatoms. The van der Waals surface area contributed by atoms with Crippen molar-refractivity contribution < 1.29 is 4.79 Å². The van der Waals surface area contributed by atoms with Gasteiger partial charge in [-0.1, -0.05) is 18.2 Å². The fourth-order valence-electron chi connectivity index (χ4n) is 2.92. The van der Waals surface area contributed by atoms with E-state index in [1.807, 2.05) is 36.6 Å². The molecule has 0 aliphatic heterocycles. The molecule has 3 heterocycles. The second kappa shape index (κ2) is 7.09. The molecular weight excluding hydrogens is 412 g/mol. The van der Waals surface area contributed by atoms with Gasteiger partial charge < -0.3 is 0 Å². The van der Waals surface area contributed by atoms with Gasteiger partial charge in [-0.3, -0.25) is 14.9 Å². The molecule has 0 fully saturated rings. The lowest BCUT2D eigenvalue weighted by molar-refractivity contribution is -0.117. The van der Waals surface area contributed by atoms with Crippen LogP contribution < -0.4 is 0 Å². The van der Waals surface area contributed by atoms with Crippen LogP contribution in [0.25, 0.3) is 22.3 Å². The molecule has 0 saturated heterocycles. The van der Waals surface area contributed by atoms with E-state index in [1.165, 1.54) is 6.33 Å². The van der Waals surface area contributed by atoms with Crippen LogP contribution in [-0.2, 0) is 17.6 Å². The number of pyridine rings is 1. The molecule has 3 aromatic heterocycles. The van der Waals surface area contributed by atoms with Crippen molar-refractivity contribution in [3.05, 3.63) is 62.6 Å². The first-order chi connectivity index (χ1) is 12.6. The second-order valence-electron chi connectivity index (χ2n) is 6.09. The maximum atomic E-state index is 12.6. The number of aromatic amines is 1. The fraction of sp³-hybridized carbons (Fsp3) is 0.158. The normalized spacial score (nSPS) is 11.2. The van der Waals surface area contributed by atoms with E-state index in [9.17, 15) is 4.79 Å². The molecule has 130 valence electrons. The van der Waals surface area contributed by atoms with Gasteiger partial charge in [0.25, 0.3) is 0 Å². The number of nitrogens with one attached hydrogen (secondary N) is 1. The first-order valence-electron chi connectivity index (χ1n) is 8.10. The van der Waals surface area contributed by atoms with Gasteiger partial charge in [0, 0.05) is 44.2 Å². The Bertz CT molecular complexity index is 1090. The number of rotatable bonds is 5. The van der Waals surface area contributed by atoms with Gasteiger partial charge in [-0.15, -0.1) is 11.3 Å². The highest BCUT2D eigenvalue weighted by Gasteiger charge is 2.17. The molecule has 0 spiro atoms. The summed E-state index contributed by atoms with van der Waals surface area (Å²) in [6.45, 7) is 1.97. The third kappa shape index (κ3) is 3.45. The summed E-state index contributed by atoms with van der Waals surface area (Å²) >= 11 is 5.08. The van der Waals surface area contributed by atoms with Crippen LogP contribution in [0, 0.1) is 6.92 Å². The maximum absolute atomic E-state index is 12.6. The van der Waals surface area contributed by atoms with Crippen molar-refractivity contribution >= 4 is 44.0 Å². The number of benzene rings is 1. The topological polar surface area (TPSA) is 71.5 Å². The van der Waals surface area contributed by atoms with Gasteiger partial charge in [-0.2, -0.15) is 5.10 Å². The molecule has 5 nitrogen and oxygen atoms in total. The molecule has 0 bridgehead atoms. The van der Waals surface area contributed by atoms with Crippen LogP contribution in [0.2, 0.25) is 0 Å². The average molecular weight is 427 g/mol. The lowest BCUT2D eigenvalue weighted by atomic mass is 10.0. The zero-order valence-electron chi connectivity index (χ0n) is 14.0. The van der Waals surface area contributed by atoms with Crippen LogP contribution in [0.4, 0.5) is 0 Å². The van der Waals surface area contributed by atoms with Crippen molar-refractivity contribution in [3.63, 3.8) is 0 Å². The van der Waals surface area contributed by atoms with Crippen molar-refractivity contribution in [3.8, 4) is 11.4 Å². The Morgan fingerprint density at radius 3 is 2.88 bits per heavy atom. The quantitative estimate of drug-likeness (QED) is 0.509. The summed E-state index contributed by atoms with van der Waals surface area (Å²) in [6, 6.07) is 10.1. The highest BCUT2D eigenvalue weighted by atomic mass is 79.9. The zero-order chi connectivity index (χ0) is 18.1. The highest BCUT2D eigenvalue weighted by Crippen LogP contribution is 2.35. The standard InChI is InChI=1S/C19H15BrN4OS/c1-11-2-4-13-5-3-12(7-16(13)23-11)6-14(25)8-17-18(15(20)9-26-17)19-21-10-22-24-19/h2-5,7,9-10H,6,8H2,1H3,(H,21,22,24).